The van der Waals surface area contributed by atoms with Gasteiger partial charge in [0.15, 0.2) is 0 Å². The molecule has 2 nitrogen and oxygen atoms in total. The lowest BCUT2D eigenvalue weighted by atomic mass is 10.2. The molecule has 0 bridgehead atoms. The second-order valence-electron chi connectivity index (χ2n) is 3.83. The average molecular weight is 390 g/mol. The minimum atomic E-state index is -0.306. The van der Waals surface area contributed by atoms with Gasteiger partial charge in [0.05, 0.1) is 16.1 Å². The first-order valence-corrected chi connectivity index (χ1v) is 7.09. The Bertz CT molecular complexity index is 588. The van der Waals surface area contributed by atoms with Crippen LogP contribution in [0.15, 0.2) is 45.3 Å². The molecule has 0 aliphatic carbocycles. The number of hydrogen-bond acceptors (Lipinski definition) is 2. The van der Waals surface area contributed by atoms with Crippen LogP contribution in [0.2, 0.25) is 0 Å². The number of hydrogen-bond donors (Lipinski definition) is 0. The molecule has 2 aromatic carbocycles. The van der Waals surface area contributed by atoms with E-state index >= 15 is 0 Å². The van der Waals surface area contributed by atoms with E-state index in [9.17, 15) is 4.39 Å². The van der Waals surface area contributed by atoms with Crippen LogP contribution >= 0.6 is 31.9 Å². The SMILES string of the molecule is COc1ccc(COc2ccc(F)c(Br)c2)cc1Br. The summed E-state index contributed by atoms with van der Waals surface area (Å²) < 4.78 is 25.1. The van der Waals surface area contributed by atoms with Crippen LogP contribution in [-0.4, -0.2) is 7.11 Å². The van der Waals surface area contributed by atoms with Crippen molar-refractivity contribution in [3.63, 3.8) is 0 Å². The van der Waals surface area contributed by atoms with Gasteiger partial charge in [-0.1, -0.05) is 6.07 Å². The highest BCUT2D eigenvalue weighted by atomic mass is 79.9. The van der Waals surface area contributed by atoms with Crippen molar-refractivity contribution in [3.8, 4) is 11.5 Å². The maximum atomic E-state index is 13.1. The van der Waals surface area contributed by atoms with Crippen molar-refractivity contribution >= 4 is 31.9 Å². The Balaban J connectivity index is 2.05. The normalized spacial score (nSPS) is 10.3. The maximum Gasteiger partial charge on any atom is 0.137 e. The molecule has 0 aliphatic rings. The molecule has 0 fully saturated rings. The van der Waals surface area contributed by atoms with Crippen molar-refractivity contribution in [2.75, 3.05) is 7.11 Å². The fraction of sp³-hybridized carbons (Fsp3) is 0.143. The van der Waals surface area contributed by atoms with Gasteiger partial charge in [0.2, 0.25) is 0 Å². The molecule has 0 N–H and O–H groups in total. The smallest absolute Gasteiger partial charge is 0.137 e. The Hall–Kier alpha value is -1.07. The van der Waals surface area contributed by atoms with Crippen LogP contribution in [0.3, 0.4) is 0 Å². The minimum absolute atomic E-state index is 0.306. The summed E-state index contributed by atoms with van der Waals surface area (Å²) in [6.45, 7) is 0.403. The van der Waals surface area contributed by atoms with E-state index in [1.54, 1.807) is 19.2 Å². The second kappa shape index (κ2) is 6.39. The molecule has 5 heteroatoms. The average Bonchev–Trinajstić information content (AvgIpc) is 2.40. The van der Waals surface area contributed by atoms with E-state index in [4.69, 9.17) is 9.47 Å². The van der Waals surface area contributed by atoms with Gasteiger partial charge in [-0.3, -0.25) is 0 Å². The first kappa shape index (κ1) is 14.3. The number of halogens is 3. The summed E-state index contributed by atoms with van der Waals surface area (Å²) in [6.07, 6.45) is 0. The number of methoxy groups -OCH3 is 1. The van der Waals surface area contributed by atoms with Gasteiger partial charge in [0.1, 0.15) is 23.9 Å². The van der Waals surface area contributed by atoms with Crippen molar-refractivity contribution in [2.24, 2.45) is 0 Å². The fourth-order valence-electron chi connectivity index (χ4n) is 1.53. The van der Waals surface area contributed by atoms with Gasteiger partial charge < -0.3 is 9.47 Å². The molecule has 0 radical (unpaired) electrons. The summed E-state index contributed by atoms with van der Waals surface area (Å²) >= 11 is 6.54. The van der Waals surface area contributed by atoms with E-state index in [1.807, 2.05) is 18.2 Å². The molecular formula is C14H11Br2FO2. The zero-order valence-electron chi connectivity index (χ0n) is 10.1. The zero-order chi connectivity index (χ0) is 13.8. The van der Waals surface area contributed by atoms with Gasteiger partial charge in [0, 0.05) is 0 Å². The highest BCUT2D eigenvalue weighted by Crippen LogP contribution is 2.27. The summed E-state index contributed by atoms with van der Waals surface area (Å²) in [7, 11) is 1.62. The van der Waals surface area contributed by atoms with E-state index < -0.39 is 0 Å². The molecule has 100 valence electrons. The van der Waals surface area contributed by atoms with E-state index in [-0.39, 0.29) is 5.82 Å². The summed E-state index contributed by atoms with van der Waals surface area (Å²) in [5, 5.41) is 0. The van der Waals surface area contributed by atoms with Crippen LogP contribution in [0.4, 0.5) is 4.39 Å². The molecule has 19 heavy (non-hydrogen) atoms. The third-order valence-electron chi connectivity index (χ3n) is 2.51. The highest BCUT2D eigenvalue weighted by Gasteiger charge is 2.04. The molecular weight excluding hydrogens is 379 g/mol. The van der Waals surface area contributed by atoms with Crippen LogP contribution in [-0.2, 0) is 6.61 Å². The summed E-state index contributed by atoms with van der Waals surface area (Å²) in [5.41, 5.74) is 0.994. The monoisotopic (exact) mass is 388 g/mol. The van der Waals surface area contributed by atoms with E-state index in [0.717, 1.165) is 15.8 Å². The largest absolute Gasteiger partial charge is 0.496 e. The van der Waals surface area contributed by atoms with E-state index in [0.29, 0.717) is 16.8 Å². The second-order valence-corrected chi connectivity index (χ2v) is 5.54. The Kier molecular flexibility index (Phi) is 4.82. The van der Waals surface area contributed by atoms with Gasteiger partial charge in [-0.25, -0.2) is 4.39 Å². The predicted molar refractivity (Wildman–Crippen MR) is 79.1 cm³/mol. The molecule has 0 spiro atoms. The lowest BCUT2D eigenvalue weighted by Gasteiger charge is -2.09. The van der Waals surface area contributed by atoms with Crippen LogP contribution in [0, 0.1) is 5.82 Å². The molecule has 0 heterocycles. The molecule has 0 unspecified atom stereocenters. The van der Waals surface area contributed by atoms with Crippen molar-refractivity contribution in [2.45, 2.75) is 6.61 Å². The quantitative estimate of drug-likeness (QED) is 0.737. The van der Waals surface area contributed by atoms with Crippen LogP contribution < -0.4 is 9.47 Å². The Morgan fingerprint density at radius 3 is 2.47 bits per heavy atom. The van der Waals surface area contributed by atoms with E-state index in [1.165, 1.54) is 6.07 Å². The van der Waals surface area contributed by atoms with Gasteiger partial charge >= 0.3 is 0 Å². The van der Waals surface area contributed by atoms with Crippen LogP contribution in [0.25, 0.3) is 0 Å². The highest BCUT2D eigenvalue weighted by molar-refractivity contribution is 9.10. The number of rotatable bonds is 4. The first-order chi connectivity index (χ1) is 9.10. The lowest BCUT2D eigenvalue weighted by molar-refractivity contribution is 0.305. The van der Waals surface area contributed by atoms with Crippen molar-refractivity contribution in [1.82, 2.24) is 0 Å². The molecule has 2 rings (SSSR count). The van der Waals surface area contributed by atoms with Gasteiger partial charge in [-0.05, 0) is 67.8 Å². The van der Waals surface area contributed by atoms with E-state index in [2.05, 4.69) is 31.9 Å². The minimum Gasteiger partial charge on any atom is -0.496 e. The summed E-state index contributed by atoms with van der Waals surface area (Å²) in [4.78, 5) is 0. The third-order valence-corrected chi connectivity index (χ3v) is 3.74. The lowest BCUT2D eigenvalue weighted by Crippen LogP contribution is -1.96. The fourth-order valence-corrected chi connectivity index (χ4v) is 2.48. The maximum absolute atomic E-state index is 13.1. The number of ether oxygens (including phenoxy) is 2. The molecule has 0 atom stereocenters. The van der Waals surface area contributed by atoms with Gasteiger partial charge in [0.25, 0.3) is 0 Å². The van der Waals surface area contributed by atoms with Crippen LogP contribution in [0.5, 0.6) is 11.5 Å². The van der Waals surface area contributed by atoms with Crippen molar-refractivity contribution < 1.29 is 13.9 Å². The Labute approximate surface area is 127 Å². The van der Waals surface area contributed by atoms with Crippen LogP contribution in [0.1, 0.15) is 5.56 Å². The molecule has 0 aliphatic heterocycles. The molecule has 0 saturated heterocycles. The number of benzene rings is 2. The molecule has 0 aromatic heterocycles. The third kappa shape index (κ3) is 3.70. The first-order valence-electron chi connectivity index (χ1n) is 5.50. The van der Waals surface area contributed by atoms with Gasteiger partial charge in [-0.15, -0.1) is 0 Å². The summed E-state index contributed by atoms with van der Waals surface area (Å²) in [5.74, 6) is 1.08. The van der Waals surface area contributed by atoms with Crippen molar-refractivity contribution in [3.05, 3.63) is 56.7 Å². The van der Waals surface area contributed by atoms with Crippen molar-refractivity contribution in [1.29, 1.82) is 0 Å². The topological polar surface area (TPSA) is 18.5 Å². The summed E-state index contributed by atoms with van der Waals surface area (Å²) in [6, 6.07) is 10.3. The molecule has 0 amide bonds. The molecule has 0 saturated carbocycles. The Morgan fingerprint density at radius 2 is 1.84 bits per heavy atom. The van der Waals surface area contributed by atoms with Gasteiger partial charge in [-0.2, -0.15) is 0 Å². The Morgan fingerprint density at radius 1 is 1.05 bits per heavy atom. The standard InChI is InChI=1S/C14H11Br2FO2/c1-18-14-5-2-9(6-12(14)16)8-19-10-3-4-13(17)11(15)7-10/h2-7H,8H2,1H3. The molecule has 2 aromatic rings. The zero-order valence-corrected chi connectivity index (χ0v) is 13.3. The predicted octanol–water partition coefficient (Wildman–Crippen LogP) is 4.94.